The van der Waals surface area contributed by atoms with Crippen LogP contribution in [0.15, 0.2) is 41.3 Å². The highest BCUT2D eigenvalue weighted by molar-refractivity contribution is 5.91. The first kappa shape index (κ1) is 20.9. The Hall–Kier alpha value is -2.64. The van der Waals surface area contributed by atoms with E-state index in [1.165, 1.54) is 44.1 Å². The van der Waals surface area contributed by atoms with E-state index in [4.69, 9.17) is 5.10 Å². The summed E-state index contributed by atoms with van der Waals surface area (Å²) in [5.41, 5.74) is 3.19. The third-order valence-corrected chi connectivity index (χ3v) is 8.16. The smallest absolute Gasteiger partial charge is 0.261 e. The average Bonchev–Trinajstić information content (AvgIpc) is 3.39. The molecule has 1 aromatic carbocycles. The zero-order valence-corrected chi connectivity index (χ0v) is 19.3. The lowest BCUT2D eigenvalue weighted by molar-refractivity contribution is 0.263. The third-order valence-electron chi connectivity index (χ3n) is 8.16. The van der Waals surface area contributed by atoms with Crippen molar-refractivity contribution in [2.45, 2.75) is 81.5 Å². The van der Waals surface area contributed by atoms with Crippen LogP contribution in [0.1, 0.15) is 68.9 Å². The first-order valence-corrected chi connectivity index (χ1v) is 12.6. The van der Waals surface area contributed by atoms with Crippen LogP contribution in [-0.2, 0) is 0 Å². The molecule has 2 aliphatic heterocycles. The minimum Gasteiger partial charge on any atom is -0.338 e. The molecule has 2 aromatic heterocycles. The van der Waals surface area contributed by atoms with E-state index in [-0.39, 0.29) is 11.6 Å². The molecule has 0 amide bonds. The van der Waals surface area contributed by atoms with Crippen molar-refractivity contribution in [1.82, 2.24) is 25.4 Å². The molecule has 3 fully saturated rings. The van der Waals surface area contributed by atoms with E-state index >= 15 is 0 Å². The van der Waals surface area contributed by atoms with Gasteiger partial charge in [0.25, 0.3) is 5.56 Å². The number of rotatable bonds is 5. The lowest BCUT2D eigenvalue weighted by Crippen LogP contribution is -2.38. The summed E-state index contributed by atoms with van der Waals surface area (Å²) in [5, 5.41) is 16.2. The van der Waals surface area contributed by atoms with Crippen LogP contribution in [-0.4, -0.2) is 39.9 Å². The SMILES string of the molecule is CNC1CCCCC1n1nc(Nc2ccc(C3CC4CCC(C3)N4)cc2)c2c(=O)[nH]ccc21. The normalized spacial score (nSPS) is 29.4. The van der Waals surface area contributed by atoms with Crippen molar-refractivity contribution in [2.75, 3.05) is 12.4 Å². The molecule has 2 saturated heterocycles. The Balaban J connectivity index is 1.29. The average molecular weight is 447 g/mol. The van der Waals surface area contributed by atoms with Gasteiger partial charge in [-0.2, -0.15) is 5.10 Å². The Morgan fingerprint density at radius 3 is 2.52 bits per heavy atom. The van der Waals surface area contributed by atoms with Gasteiger partial charge in [-0.1, -0.05) is 25.0 Å². The van der Waals surface area contributed by atoms with Crippen molar-refractivity contribution < 1.29 is 0 Å². The van der Waals surface area contributed by atoms with Gasteiger partial charge in [-0.25, -0.2) is 0 Å². The van der Waals surface area contributed by atoms with Crippen molar-refractivity contribution >= 4 is 22.4 Å². The molecule has 1 aliphatic carbocycles. The number of H-pyrrole nitrogens is 1. The van der Waals surface area contributed by atoms with Crippen molar-refractivity contribution in [3.8, 4) is 0 Å². The lowest BCUT2D eigenvalue weighted by atomic mass is 9.86. The fraction of sp³-hybridized carbons (Fsp3) is 0.538. The number of fused-ring (bicyclic) bond motifs is 3. The second-order valence-corrected chi connectivity index (χ2v) is 10.2. The second-order valence-electron chi connectivity index (χ2n) is 10.2. The van der Waals surface area contributed by atoms with Gasteiger partial charge in [0.15, 0.2) is 5.82 Å². The number of anilines is 2. The number of nitrogens with one attached hydrogen (secondary N) is 4. The fourth-order valence-electron chi connectivity index (χ4n) is 6.49. The van der Waals surface area contributed by atoms with E-state index in [1.54, 1.807) is 6.20 Å². The predicted molar refractivity (Wildman–Crippen MR) is 132 cm³/mol. The van der Waals surface area contributed by atoms with Gasteiger partial charge in [0.05, 0.1) is 11.6 Å². The minimum atomic E-state index is -0.0973. The van der Waals surface area contributed by atoms with Crippen LogP contribution in [0, 0.1) is 0 Å². The number of piperidine rings is 1. The van der Waals surface area contributed by atoms with Crippen molar-refractivity contribution in [3.05, 3.63) is 52.4 Å². The molecule has 0 spiro atoms. The van der Waals surface area contributed by atoms with E-state index in [0.717, 1.165) is 24.0 Å². The molecular weight excluding hydrogens is 412 g/mol. The molecule has 0 radical (unpaired) electrons. The number of pyridine rings is 1. The standard InChI is InChI=1S/C26H34N6O/c1-27-21-4-2-3-5-22(21)32-23-12-13-28-26(33)24(23)25(31-32)30-18-8-6-16(7-9-18)17-14-19-10-11-20(15-17)29-19/h6-9,12-13,17,19-22,27,29H,2-5,10-11,14-15H2,1H3,(H,28,33)(H,30,31). The molecule has 33 heavy (non-hydrogen) atoms. The summed E-state index contributed by atoms with van der Waals surface area (Å²) in [6.45, 7) is 0. The van der Waals surface area contributed by atoms with Gasteiger partial charge < -0.3 is 20.9 Å². The van der Waals surface area contributed by atoms with Gasteiger partial charge in [0.2, 0.25) is 0 Å². The molecule has 3 aliphatic rings. The second kappa shape index (κ2) is 8.61. The molecule has 174 valence electrons. The maximum absolute atomic E-state index is 12.8. The molecule has 7 heteroatoms. The van der Waals surface area contributed by atoms with Crippen LogP contribution in [0.25, 0.3) is 10.9 Å². The topological polar surface area (TPSA) is 86.8 Å². The number of hydrogen-bond donors (Lipinski definition) is 4. The molecule has 1 saturated carbocycles. The summed E-state index contributed by atoms with van der Waals surface area (Å²) in [7, 11) is 2.02. The Kier molecular flexibility index (Phi) is 5.46. The molecule has 4 heterocycles. The van der Waals surface area contributed by atoms with Crippen LogP contribution in [0.3, 0.4) is 0 Å². The number of aromatic amines is 1. The van der Waals surface area contributed by atoms with Gasteiger partial charge in [-0.05, 0) is 75.3 Å². The van der Waals surface area contributed by atoms with Crippen LogP contribution >= 0.6 is 0 Å². The zero-order valence-electron chi connectivity index (χ0n) is 19.3. The summed E-state index contributed by atoms with van der Waals surface area (Å²) in [5.74, 6) is 1.28. The fourth-order valence-corrected chi connectivity index (χ4v) is 6.49. The van der Waals surface area contributed by atoms with E-state index in [0.29, 0.717) is 35.2 Å². The van der Waals surface area contributed by atoms with Gasteiger partial charge >= 0.3 is 0 Å². The highest BCUT2D eigenvalue weighted by atomic mass is 16.1. The molecule has 4 unspecified atom stereocenters. The zero-order chi connectivity index (χ0) is 22.4. The molecule has 3 aromatic rings. The summed E-state index contributed by atoms with van der Waals surface area (Å²) in [6.07, 6.45) is 11.5. The molecular formula is C26H34N6O. The van der Waals surface area contributed by atoms with Crippen LogP contribution in [0.4, 0.5) is 11.5 Å². The first-order valence-electron chi connectivity index (χ1n) is 12.6. The van der Waals surface area contributed by atoms with Crippen LogP contribution in [0.5, 0.6) is 0 Å². The van der Waals surface area contributed by atoms with Gasteiger partial charge in [-0.3, -0.25) is 9.48 Å². The minimum absolute atomic E-state index is 0.0973. The predicted octanol–water partition coefficient (Wildman–Crippen LogP) is 4.17. The number of nitrogens with zero attached hydrogens (tertiary/aromatic N) is 2. The quantitative estimate of drug-likeness (QED) is 0.473. The van der Waals surface area contributed by atoms with Gasteiger partial charge in [-0.15, -0.1) is 0 Å². The lowest BCUT2D eigenvalue weighted by Gasteiger charge is -2.31. The molecule has 4 N–H and O–H groups in total. The van der Waals surface area contributed by atoms with Crippen molar-refractivity contribution in [2.24, 2.45) is 0 Å². The third kappa shape index (κ3) is 3.87. The number of likely N-dealkylation sites (N-methyl/N-ethyl adjacent to an activating group) is 1. The van der Waals surface area contributed by atoms with Gasteiger partial charge in [0, 0.05) is 30.0 Å². The molecule has 4 atom stereocenters. The molecule has 2 bridgehead atoms. The van der Waals surface area contributed by atoms with E-state index in [1.807, 2.05) is 13.1 Å². The highest BCUT2D eigenvalue weighted by Gasteiger charge is 2.34. The summed E-state index contributed by atoms with van der Waals surface area (Å²) < 4.78 is 2.08. The summed E-state index contributed by atoms with van der Waals surface area (Å²) in [6, 6.07) is 12.7. The maximum atomic E-state index is 12.8. The van der Waals surface area contributed by atoms with E-state index in [9.17, 15) is 4.79 Å². The van der Waals surface area contributed by atoms with Crippen LogP contribution in [0.2, 0.25) is 0 Å². The Labute approximate surface area is 194 Å². The molecule has 6 rings (SSSR count). The number of aromatic nitrogens is 3. The van der Waals surface area contributed by atoms with E-state index in [2.05, 4.69) is 49.9 Å². The van der Waals surface area contributed by atoms with Crippen LogP contribution < -0.4 is 21.5 Å². The monoisotopic (exact) mass is 446 g/mol. The Bertz CT molecular complexity index is 1170. The summed E-state index contributed by atoms with van der Waals surface area (Å²) in [4.78, 5) is 15.6. The maximum Gasteiger partial charge on any atom is 0.261 e. The Morgan fingerprint density at radius 2 is 1.76 bits per heavy atom. The Morgan fingerprint density at radius 1 is 1.00 bits per heavy atom. The highest BCUT2D eigenvalue weighted by Crippen LogP contribution is 2.38. The van der Waals surface area contributed by atoms with Gasteiger partial charge in [0.1, 0.15) is 5.39 Å². The van der Waals surface area contributed by atoms with E-state index < -0.39 is 0 Å². The largest absolute Gasteiger partial charge is 0.338 e. The number of benzene rings is 1. The molecule has 7 nitrogen and oxygen atoms in total. The number of hydrogen-bond acceptors (Lipinski definition) is 5. The van der Waals surface area contributed by atoms with Crippen molar-refractivity contribution in [1.29, 1.82) is 0 Å². The first-order chi connectivity index (χ1) is 16.2. The van der Waals surface area contributed by atoms with Crippen molar-refractivity contribution in [3.63, 3.8) is 0 Å². The summed E-state index contributed by atoms with van der Waals surface area (Å²) >= 11 is 0.